The fraction of sp³-hybridized carbons (Fsp3) is 0.278. The van der Waals surface area contributed by atoms with Crippen LogP contribution in [0.2, 0.25) is 0 Å². The number of rotatable bonds is 6. The standard InChI is InChI=1S/C18H20FN3O3S/c1-12-2-3-14(18(23)21-11-13-9-20-10-13)8-17(12)26(24,25)22-16-6-4-15(19)5-7-16/h2-8,13,20,22H,9-11H2,1H3,(H,21,23). The molecule has 0 unspecified atom stereocenters. The quantitative estimate of drug-likeness (QED) is 0.717. The molecular weight excluding hydrogens is 357 g/mol. The molecule has 1 saturated heterocycles. The van der Waals surface area contributed by atoms with Gasteiger partial charge in [-0.1, -0.05) is 6.07 Å². The molecule has 0 atom stereocenters. The van der Waals surface area contributed by atoms with E-state index in [1.54, 1.807) is 19.1 Å². The fourth-order valence-corrected chi connectivity index (χ4v) is 3.92. The zero-order valence-electron chi connectivity index (χ0n) is 14.3. The number of anilines is 1. The Morgan fingerprint density at radius 2 is 1.88 bits per heavy atom. The predicted molar refractivity (Wildman–Crippen MR) is 97.1 cm³/mol. The highest BCUT2D eigenvalue weighted by Gasteiger charge is 2.21. The summed E-state index contributed by atoms with van der Waals surface area (Å²) < 4.78 is 40.7. The van der Waals surface area contributed by atoms with Crippen molar-refractivity contribution in [2.75, 3.05) is 24.4 Å². The van der Waals surface area contributed by atoms with Gasteiger partial charge in [0.05, 0.1) is 4.90 Å². The van der Waals surface area contributed by atoms with Crippen LogP contribution in [-0.2, 0) is 10.0 Å². The number of halogens is 1. The van der Waals surface area contributed by atoms with Crippen molar-refractivity contribution in [2.24, 2.45) is 5.92 Å². The summed E-state index contributed by atoms with van der Waals surface area (Å²) in [4.78, 5) is 12.3. The lowest BCUT2D eigenvalue weighted by molar-refractivity contribution is 0.0942. The molecule has 1 amide bonds. The van der Waals surface area contributed by atoms with Gasteiger partial charge in [0, 0.05) is 36.8 Å². The van der Waals surface area contributed by atoms with Crippen LogP contribution in [0.1, 0.15) is 15.9 Å². The summed E-state index contributed by atoms with van der Waals surface area (Å²) in [5, 5.41) is 5.94. The molecule has 26 heavy (non-hydrogen) atoms. The molecule has 2 aromatic rings. The molecule has 8 heteroatoms. The maximum atomic E-state index is 13.0. The normalized spacial score (nSPS) is 14.5. The van der Waals surface area contributed by atoms with Gasteiger partial charge in [-0.3, -0.25) is 9.52 Å². The lowest BCUT2D eigenvalue weighted by Gasteiger charge is -2.27. The molecule has 0 saturated carbocycles. The lowest BCUT2D eigenvalue weighted by atomic mass is 10.0. The molecule has 0 bridgehead atoms. The molecule has 1 aliphatic rings. The summed E-state index contributed by atoms with van der Waals surface area (Å²) in [6.45, 7) is 3.95. The molecule has 1 heterocycles. The number of hydrogen-bond donors (Lipinski definition) is 3. The topological polar surface area (TPSA) is 87.3 Å². The predicted octanol–water partition coefficient (Wildman–Crippen LogP) is 1.88. The van der Waals surface area contributed by atoms with Crippen LogP contribution >= 0.6 is 0 Å². The monoisotopic (exact) mass is 377 g/mol. The average Bonchev–Trinajstić information content (AvgIpc) is 2.55. The zero-order valence-corrected chi connectivity index (χ0v) is 15.1. The van der Waals surface area contributed by atoms with E-state index in [9.17, 15) is 17.6 Å². The Kier molecular flexibility index (Phi) is 5.24. The molecule has 0 spiro atoms. The van der Waals surface area contributed by atoms with Crippen LogP contribution in [0.4, 0.5) is 10.1 Å². The van der Waals surface area contributed by atoms with Crippen LogP contribution in [0, 0.1) is 18.7 Å². The highest BCUT2D eigenvalue weighted by Crippen LogP contribution is 2.21. The highest BCUT2D eigenvalue weighted by molar-refractivity contribution is 7.92. The van der Waals surface area contributed by atoms with Crippen molar-refractivity contribution in [1.29, 1.82) is 0 Å². The minimum atomic E-state index is -3.90. The molecule has 1 aliphatic heterocycles. The van der Waals surface area contributed by atoms with Crippen molar-refractivity contribution in [3.8, 4) is 0 Å². The van der Waals surface area contributed by atoms with Crippen LogP contribution in [0.15, 0.2) is 47.4 Å². The van der Waals surface area contributed by atoms with E-state index >= 15 is 0 Å². The molecule has 0 aromatic heterocycles. The van der Waals surface area contributed by atoms with Gasteiger partial charge in [0.25, 0.3) is 15.9 Å². The van der Waals surface area contributed by atoms with Crippen molar-refractivity contribution < 1.29 is 17.6 Å². The first-order chi connectivity index (χ1) is 12.3. The summed E-state index contributed by atoms with van der Waals surface area (Å²) in [6.07, 6.45) is 0. The van der Waals surface area contributed by atoms with Crippen LogP contribution in [0.3, 0.4) is 0 Å². The maximum Gasteiger partial charge on any atom is 0.262 e. The van der Waals surface area contributed by atoms with E-state index in [0.717, 1.165) is 13.1 Å². The minimum Gasteiger partial charge on any atom is -0.352 e. The van der Waals surface area contributed by atoms with Crippen molar-refractivity contribution in [3.05, 3.63) is 59.4 Å². The van der Waals surface area contributed by atoms with Gasteiger partial charge in [-0.2, -0.15) is 0 Å². The Labute approximate surface area is 151 Å². The zero-order chi connectivity index (χ0) is 18.7. The third kappa shape index (κ3) is 4.20. The number of benzene rings is 2. The van der Waals surface area contributed by atoms with E-state index < -0.39 is 15.8 Å². The van der Waals surface area contributed by atoms with Crippen LogP contribution in [0.5, 0.6) is 0 Å². The molecule has 0 aliphatic carbocycles. The molecule has 3 N–H and O–H groups in total. The van der Waals surface area contributed by atoms with Crippen LogP contribution < -0.4 is 15.4 Å². The highest BCUT2D eigenvalue weighted by atomic mass is 32.2. The summed E-state index contributed by atoms with van der Waals surface area (Å²) >= 11 is 0. The van der Waals surface area contributed by atoms with Crippen molar-refractivity contribution in [3.63, 3.8) is 0 Å². The van der Waals surface area contributed by atoms with Gasteiger partial charge in [0.15, 0.2) is 0 Å². The first kappa shape index (κ1) is 18.3. The van der Waals surface area contributed by atoms with E-state index in [1.165, 1.54) is 30.3 Å². The smallest absolute Gasteiger partial charge is 0.262 e. The first-order valence-electron chi connectivity index (χ1n) is 8.23. The summed E-state index contributed by atoms with van der Waals surface area (Å²) in [5.41, 5.74) is 1.04. The third-order valence-electron chi connectivity index (χ3n) is 4.25. The molecule has 3 rings (SSSR count). The van der Waals surface area contributed by atoms with E-state index in [2.05, 4.69) is 15.4 Å². The molecule has 2 aromatic carbocycles. The fourth-order valence-electron chi connectivity index (χ4n) is 2.59. The second-order valence-corrected chi connectivity index (χ2v) is 7.98. The van der Waals surface area contributed by atoms with Crippen molar-refractivity contribution in [1.82, 2.24) is 10.6 Å². The van der Waals surface area contributed by atoms with Gasteiger partial charge in [-0.05, 0) is 48.9 Å². The van der Waals surface area contributed by atoms with Gasteiger partial charge in [0.1, 0.15) is 5.82 Å². The minimum absolute atomic E-state index is 0.0137. The number of carbonyl (C=O) groups excluding carboxylic acids is 1. The largest absolute Gasteiger partial charge is 0.352 e. The summed E-state index contributed by atoms with van der Waals surface area (Å²) in [7, 11) is -3.90. The summed E-state index contributed by atoms with van der Waals surface area (Å²) in [5.74, 6) is -0.354. The van der Waals surface area contributed by atoms with Crippen LogP contribution in [0.25, 0.3) is 0 Å². The van der Waals surface area contributed by atoms with Crippen molar-refractivity contribution >= 4 is 21.6 Å². The number of aryl methyl sites for hydroxylation is 1. The molecule has 0 radical (unpaired) electrons. The number of amides is 1. The lowest BCUT2D eigenvalue weighted by Crippen LogP contribution is -2.48. The molecule has 138 valence electrons. The van der Waals surface area contributed by atoms with Gasteiger partial charge in [-0.15, -0.1) is 0 Å². The van der Waals surface area contributed by atoms with E-state index in [0.29, 0.717) is 18.0 Å². The number of carbonyl (C=O) groups is 1. The second-order valence-electron chi connectivity index (χ2n) is 6.33. The molecular formula is C18H20FN3O3S. The van der Waals surface area contributed by atoms with E-state index in [-0.39, 0.29) is 22.1 Å². The van der Waals surface area contributed by atoms with E-state index in [4.69, 9.17) is 0 Å². The molecule has 1 fully saturated rings. The van der Waals surface area contributed by atoms with Gasteiger partial charge in [0.2, 0.25) is 0 Å². The van der Waals surface area contributed by atoms with Gasteiger partial charge in [-0.25, -0.2) is 12.8 Å². The Hall–Kier alpha value is -2.45. The average molecular weight is 377 g/mol. The number of hydrogen-bond acceptors (Lipinski definition) is 4. The SMILES string of the molecule is Cc1ccc(C(=O)NCC2CNC2)cc1S(=O)(=O)Nc1ccc(F)cc1. The first-order valence-corrected chi connectivity index (χ1v) is 9.71. The Bertz CT molecular complexity index is 910. The Morgan fingerprint density at radius 1 is 1.19 bits per heavy atom. The van der Waals surface area contributed by atoms with Gasteiger partial charge < -0.3 is 10.6 Å². The van der Waals surface area contributed by atoms with Crippen molar-refractivity contribution in [2.45, 2.75) is 11.8 Å². The number of sulfonamides is 1. The summed E-state index contributed by atoms with van der Waals surface area (Å²) in [6, 6.07) is 9.57. The molecule has 6 nitrogen and oxygen atoms in total. The maximum absolute atomic E-state index is 13.0. The third-order valence-corrected chi connectivity index (χ3v) is 5.78. The Morgan fingerprint density at radius 3 is 2.50 bits per heavy atom. The van der Waals surface area contributed by atoms with Crippen LogP contribution in [-0.4, -0.2) is 34.0 Å². The number of nitrogens with one attached hydrogen (secondary N) is 3. The van der Waals surface area contributed by atoms with Gasteiger partial charge >= 0.3 is 0 Å². The second kappa shape index (κ2) is 7.43. The van der Waals surface area contributed by atoms with E-state index in [1.807, 2.05) is 0 Å². The Balaban J connectivity index is 1.79.